The Hall–Kier alpha value is -3.22. The molecule has 0 saturated heterocycles. The van der Waals surface area contributed by atoms with Crippen molar-refractivity contribution in [1.29, 1.82) is 0 Å². The van der Waals surface area contributed by atoms with Gasteiger partial charge in [-0.3, -0.25) is 0 Å². The van der Waals surface area contributed by atoms with Crippen molar-refractivity contribution in [1.82, 2.24) is 0 Å². The molecule has 0 bridgehead atoms. The fraction of sp³-hybridized carbons (Fsp3) is 0.100. The summed E-state index contributed by atoms with van der Waals surface area (Å²) >= 11 is -1.20. The summed E-state index contributed by atoms with van der Waals surface area (Å²) in [6.45, 7) is 4.59. The minimum Gasteiger partial charge on any atom is -1.00 e. The predicted molar refractivity (Wildman–Crippen MR) is 167 cm³/mol. The summed E-state index contributed by atoms with van der Waals surface area (Å²) in [7, 11) is 0. The van der Waals surface area contributed by atoms with Crippen molar-refractivity contribution in [2.45, 2.75) is 25.7 Å². The fourth-order valence-corrected chi connectivity index (χ4v) is 10.9. The van der Waals surface area contributed by atoms with Gasteiger partial charge in [0.25, 0.3) is 0 Å². The third-order valence-electron chi connectivity index (χ3n) is 9.10. The Morgan fingerprint density at radius 1 is 0.419 bits per heavy atom. The molecule has 0 amide bonds. The minimum atomic E-state index is -1.20. The summed E-state index contributed by atoms with van der Waals surface area (Å²) in [6, 6.07) is 50.3. The number of benzene rings is 6. The van der Waals surface area contributed by atoms with Gasteiger partial charge in [0, 0.05) is 0 Å². The Labute approximate surface area is 278 Å². The summed E-state index contributed by atoms with van der Waals surface area (Å²) in [6.07, 6.45) is 0. The van der Waals surface area contributed by atoms with Crippen molar-refractivity contribution in [3.8, 4) is 22.3 Å². The quantitative estimate of drug-likeness (QED) is 0.270. The second-order valence-electron chi connectivity index (χ2n) is 11.4. The molecule has 0 nitrogen and oxygen atoms in total. The van der Waals surface area contributed by atoms with E-state index < -0.39 is 23.2 Å². The molecule has 0 radical (unpaired) electrons. The van der Waals surface area contributed by atoms with Crippen LogP contribution in [0.1, 0.15) is 56.3 Å². The summed E-state index contributed by atoms with van der Waals surface area (Å²) in [5, 5.41) is 0. The molecule has 0 aliphatic heterocycles. The number of fused-ring (bicyclic) bond motifs is 6. The van der Waals surface area contributed by atoms with Crippen molar-refractivity contribution in [2.24, 2.45) is 0 Å². The maximum Gasteiger partial charge on any atom is -1.00 e. The first-order valence-corrected chi connectivity index (χ1v) is 17.0. The van der Waals surface area contributed by atoms with Crippen LogP contribution in [0.4, 0.5) is 0 Å². The van der Waals surface area contributed by atoms with Gasteiger partial charge in [-0.25, -0.2) is 0 Å². The van der Waals surface area contributed by atoms with Crippen molar-refractivity contribution in [3.63, 3.8) is 0 Å². The van der Waals surface area contributed by atoms with Crippen molar-refractivity contribution in [2.75, 3.05) is 0 Å². The summed E-state index contributed by atoms with van der Waals surface area (Å²) in [5.74, 6) is 0.581. The van der Waals surface area contributed by atoms with Crippen LogP contribution in [-0.2, 0) is 23.2 Å². The zero-order valence-electron chi connectivity index (χ0n) is 24.1. The topological polar surface area (TPSA) is 0 Å². The smallest absolute Gasteiger partial charge is 1.00 e. The normalized spacial score (nSPS) is 15.2. The number of hydrogen-bond donors (Lipinski definition) is 0. The molecule has 0 aromatic heterocycles. The molecule has 0 spiro atoms. The fourth-order valence-electron chi connectivity index (χ4n) is 7.38. The van der Waals surface area contributed by atoms with E-state index in [1.807, 2.05) is 0 Å². The van der Waals surface area contributed by atoms with E-state index in [1.165, 1.54) is 55.6 Å². The van der Waals surface area contributed by atoms with Crippen LogP contribution in [0, 0.1) is 13.8 Å². The summed E-state index contributed by atoms with van der Waals surface area (Å²) in [5.41, 5.74) is 17.4. The SMILES string of the molecule is Cc1cc[c]([Zr+2][c]2ccc(C)c3c2C(c2ccccc2)c2ccccc2-3)c2c1-c1ccccc1C2c1ccccc1.[Cl-].[Cl-]. The van der Waals surface area contributed by atoms with Gasteiger partial charge >= 0.3 is 256 Å². The van der Waals surface area contributed by atoms with E-state index in [0.717, 1.165) is 0 Å². The molecular formula is C40H30Cl2Zr. The zero-order chi connectivity index (χ0) is 27.5. The molecule has 0 N–H and O–H groups in total. The molecule has 0 heterocycles. The minimum absolute atomic E-state index is 0. The van der Waals surface area contributed by atoms with Crippen LogP contribution in [0.2, 0.25) is 0 Å². The van der Waals surface area contributed by atoms with Crippen LogP contribution in [-0.4, -0.2) is 0 Å². The first-order chi connectivity index (χ1) is 20.2. The Balaban J connectivity index is 0.00000165. The van der Waals surface area contributed by atoms with Crippen LogP contribution in [0.3, 0.4) is 0 Å². The van der Waals surface area contributed by atoms with E-state index in [4.69, 9.17) is 0 Å². The average molecular weight is 673 g/mol. The summed E-state index contributed by atoms with van der Waals surface area (Å²) < 4.78 is 3.21. The van der Waals surface area contributed by atoms with Crippen molar-refractivity contribution < 1.29 is 48.0 Å². The van der Waals surface area contributed by atoms with Gasteiger partial charge in [-0.05, 0) is 0 Å². The molecule has 2 unspecified atom stereocenters. The zero-order valence-corrected chi connectivity index (χ0v) is 28.1. The van der Waals surface area contributed by atoms with E-state index in [9.17, 15) is 0 Å². The van der Waals surface area contributed by atoms with Gasteiger partial charge in [0.05, 0.1) is 0 Å². The van der Waals surface area contributed by atoms with Gasteiger partial charge in [0.1, 0.15) is 0 Å². The molecule has 2 atom stereocenters. The molecule has 208 valence electrons. The van der Waals surface area contributed by atoms with E-state index in [-0.39, 0.29) is 24.8 Å². The maximum absolute atomic E-state index is 2.48. The van der Waals surface area contributed by atoms with Crippen LogP contribution < -0.4 is 31.4 Å². The maximum atomic E-state index is 2.48. The van der Waals surface area contributed by atoms with E-state index >= 15 is 0 Å². The Bertz CT molecular complexity index is 1800. The van der Waals surface area contributed by atoms with E-state index in [1.54, 1.807) is 17.7 Å². The number of aryl methyl sites for hydroxylation is 2. The van der Waals surface area contributed by atoms with E-state index in [2.05, 4.69) is 147 Å². The molecule has 2 aliphatic carbocycles. The molecule has 2 aliphatic rings. The van der Waals surface area contributed by atoms with E-state index in [0.29, 0.717) is 11.8 Å². The number of hydrogen-bond acceptors (Lipinski definition) is 0. The molecule has 6 aromatic carbocycles. The molecule has 43 heavy (non-hydrogen) atoms. The van der Waals surface area contributed by atoms with Crippen molar-refractivity contribution >= 4 is 6.54 Å². The molecule has 6 aromatic rings. The van der Waals surface area contributed by atoms with Crippen LogP contribution >= 0.6 is 0 Å². The standard InChI is InChI=1S/2C20H15.2ClH.Zr/c2*1-14-8-7-13-18-19(14)16-11-5-6-12-17(16)20(18)15-9-3-2-4-10-15;;;/h2*2-12,20H,1H3;2*1H;/q;;;;+2/p-2. The van der Waals surface area contributed by atoms with Gasteiger partial charge in [-0.2, -0.15) is 0 Å². The van der Waals surface area contributed by atoms with Gasteiger partial charge in [-0.15, -0.1) is 0 Å². The van der Waals surface area contributed by atoms with Crippen LogP contribution in [0.5, 0.6) is 0 Å². The number of rotatable bonds is 4. The number of halogens is 2. The second kappa shape index (κ2) is 12.1. The molecule has 0 saturated carbocycles. The summed E-state index contributed by atoms with van der Waals surface area (Å²) in [4.78, 5) is 0. The molecule has 8 rings (SSSR count). The second-order valence-corrected chi connectivity index (χ2v) is 14.7. The van der Waals surface area contributed by atoms with Crippen molar-refractivity contribution in [3.05, 3.63) is 178 Å². The molecule has 3 heteroatoms. The van der Waals surface area contributed by atoms with Crippen LogP contribution in [0.15, 0.2) is 133 Å². The Kier molecular flexibility index (Phi) is 8.36. The van der Waals surface area contributed by atoms with Gasteiger partial charge in [-0.1, -0.05) is 0 Å². The Morgan fingerprint density at radius 2 is 0.791 bits per heavy atom. The van der Waals surface area contributed by atoms with Crippen LogP contribution in [0.25, 0.3) is 22.3 Å². The predicted octanol–water partition coefficient (Wildman–Crippen LogP) is 2.67. The third-order valence-corrected chi connectivity index (χ3v) is 12.6. The first kappa shape index (κ1) is 29.8. The molecular weight excluding hydrogens is 643 g/mol. The van der Waals surface area contributed by atoms with Gasteiger partial charge in [0.2, 0.25) is 0 Å². The largest absolute Gasteiger partial charge is 1.00 e. The Morgan fingerprint density at radius 3 is 1.21 bits per heavy atom. The molecule has 0 fully saturated rings. The van der Waals surface area contributed by atoms with Gasteiger partial charge in [0.15, 0.2) is 0 Å². The average Bonchev–Trinajstić information content (AvgIpc) is 3.56. The first-order valence-electron chi connectivity index (χ1n) is 14.5. The monoisotopic (exact) mass is 670 g/mol. The van der Waals surface area contributed by atoms with Gasteiger partial charge < -0.3 is 24.8 Å². The third kappa shape index (κ3) is 4.78.